The molecule has 0 spiro atoms. The molecule has 1 aliphatic heterocycles. The molecule has 2 heterocycles. The van der Waals surface area contributed by atoms with Crippen LogP contribution in [0, 0.1) is 0 Å². The zero-order valence-electron chi connectivity index (χ0n) is 16.1. The number of amides is 2. The van der Waals surface area contributed by atoms with Crippen molar-refractivity contribution in [1.29, 1.82) is 0 Å². The predicted molar refractivity (Wildman–Crippen MR) is 97.8 cm³/mol. The number of ether oxygens (including phenoxy) is 3. The zero-order valence-corrected chi connectivity index (χ0v) is 16.1. The highest BCUT2D eigenvalue weighted by molar-refractivity contribution is 6.05. The van der Waals surface area contributed by atoms with Crippen LogP contribution in [0.15, 0.2) is 28.7 Å². The summed E-state index contributed by atoms with van der Waals surface area (Å²) in [5, 5.41) is 2.60. The summed E-state index contributed by atoms with van der Waals surface area (Å²) in [6.07, 6.45) is 0. The van der Waals surface area contributed by atoms with Crippen molar-refractivity contribution in [2.75, 3.05) is 39.7 Å². The Kier molecular flexibility index (Phi) is 5.73. The van der Waals surface area contributed by atoms with Gasteiger partial charge in [-0.3, -0.25) is 9.59 Å². The normalized spacial score (nSPS) is 14.9. The van der Waals surface area contributed by atoms with E-state index in [1.165, 1.54) is 39.5 Å². The van der Waals surface area contributed by atoms with Crippen molar-refractivity contribution in [2.24, 2.45) is 0 Å². The second kappa shape index (κ2) is 8.08. The number of hydrogen-bond acceptors (Lipinski definition) is 6. The molecule has 10 heteroatoms. The second-order valence-electron chi connectivity index (χ2n) is 6.43. The molecular formula is C19H20F2N2O6. The third-order valence-corrected chi connectivity index (χ3v) is 4.28. The number of anilines is 1. The van der Waals surface area contributed by atoms with E-state index in [1.54, 1.807) is 6.07 Å². The van der Waals surface area contributed by atoms with Crippen molar-refractivity contribution in [2.45, 2.75) is 12.5 Å². The first-order valence-corrected chi connectivity index (χ1v) is 8.60. The number of carbonyl (C=O) groups excluding carboxylic acids is 2. The fourth-order valence-electron chi connectivity index (χ4n) is 2.92. The minimum Gasteiger partial charge on any atom is -0.493 e. The Morgan fingerprint density at radius 1 is 1.17 bits per heavy atom. The van der Waals surface area contributed by atoms with E-state index in [9.17, 15) is 18.4 Å². The summed E-state index contributed by atoms with van der Waals surface area (Å²) in [5.41, 5.74) is 0.213. The quantitative estimate of drug-likeness (QED) is 0.755. The number of halogens is 2. The molecule has 156 valence electrons. The molecule has 1 aliphatic rings. The lowest BCUT2D eigenvalue weighted by Crippen LogP contribution is -2.58. The maximum Gasteiger partial charge on any atom is 0.291 e. The number of furan rings is 1. The molecule has 1 fully saturated rings. The highest BCUT2D eigenvalue weighted by Crippen LogP contribution is 2.38. The number of alkyl halides is 2. The summed E-state index contributed by atoms with van der Waals surface area (Å²) in [4.78, 5) is 26.1. The van der Waals surface area contributed by atoms with Crippen molar-refractivity contribution in [3.8, 4) is 11.5 Å². The van der Waals surface area contributed by atoms with E-state index in [1.807, 2.05) is 0 Å². The van der Waals surface area contributed by atoms with Crippen LogP contribution in [0.25, 0.3) is 0 Å². The van der Waals surface area contributed by atoms with Crippen LogP contribution in [0.2, 0.25) is 0 Å². The fraction of sp³-hybridized carbons (Fsp3) is 0.368. The van der Waals surface area contributed by atoms with Gasteiger partial charge < -0.3 is 28.8 Å². The lowest BCUT2D eigenvalue weighted by molar-refractivity contribution is -0.113. The fourth-order valence-corrected chi connectivity index (χ4v) is 2.92. The Morgan fingerprint density at radius 2 is 1.90 bits per heavy atom. The molecule has 1 aromatic carbocycles. The molecule has 1 saturated heterocycles. The predicted octanol–water partition coefficient (Wildman–Crippen LogP) is 2.79. The minimum atomic E-state index is -2.89. The number of rotatable bonds is 7. The van der Waals surface area contributed by atoms with E-state index in [0.717, 1.165) is 4.90 Å². The minimum absolute atomic E-state index is 0.0252. The van der Waals surface area contributed by atoms with Crippen molar-refractivity contribution in [3.05, 3.63) is 41.3 Å². The maximum atomic E-state index is 13.1. The van der Waals surface area contributed by atoms with Gasteiger partial charge in [-0.2, -0.15) is 0 Å². The van der Waals surface area contributed by atoms with Crippen LogP contribution in [-0.2, 0) is 11.3 Å². The molecule has 29 heavy (non-hydrogen) atoms. The lowest BCUT2D eigenvalue weighted by atomic mass is 10.1. The first kappa shape index (κ1) is 20.6. The Morgan fingerprint density at radius 3 is 2.48 bits per heavy atom. The first-order valence-electron chi connectivity index (χ1n) is 8.60. The summed E-state index contributed by atoms with van der Waals surface area (Å²) < 4.78 is 47.1. The summed E-state index contributed by atoms with van der Waals surface area (Å²) in [6.45, 7) is -1.11. The Bertz CT molecular complexity index is 919. The Labute approximate surface area is 165 Å². The number of likely N-dealkylation sites (tertiary alicyclic amines) is 1. The first-order chi connectivity index (χ1) is 13.8. The summed E-state index contributed by atoms with van der Waals surface area (Å²) in [5.74, 6) is -3.25. The standard InChI is InChI=1S/C19H20F2N2O6/c1-26-8-12-4-5-14(29-12)17(24)22-13-6-11(7-15(27-2)16(13)28-3)18(25)23-9-19(20,21)10-23/h4-7H,8-10H2,1-3H3,(H,22,24). The molecule has 2 amide bonds. The van der Waals surface area contributed by atoms with Crippen LogP contribution < -0.4 is 14.8 Å². The van der Waals surface area contributed by atoms with Gasteiger partial charge in [0.2, 0.25) is 0 Å². The Hall–Kier alpha value is -3.14. The molecule has 1 N–H and O–H groups in total. The van der Waals surface area contributed by atoms with Crippen LogP contribution in [0.3, 0.4) is 0 Å². The number of carbonyl (C=O) groups is 2. The molecule has 0 bridgehead atoms. The molecule has 8 nitrogen and oxygen atoms in total. The van der Waals surface area contributed by atoms with E-state index in [0.29, 0.717) is 5.76 Å². The molecule has 0 atom stereocenters. The van der Waals surface area contributed by atoms with Crippen LogP contribution in [-0.4, -0.2) is 57.1 Å². The van der Waals surface area contributed by atoms with E-state index in [-0.39, 0.29) is 35.1 Å². The second-order valence-corrected chi connectivity index (χ2v) is 6.43. The van der Waals surface area contributed by atoms with Gasteiger partial charge >= 0.3 is 0 Å². The third kappa shape index (κ3) is 4.32. The maximum absolute atomic E-state index is 13.1. The van der Waals surface area contributed by atoms with Gasteiger partial charge in [-0.25, -0.2) is 8.78 Å². The van der Waals surface area contributed by atoms with E-state index in [2.05, 4.69) is 5.32 Å². The molecule has 0 radical (unpaired) electrons. The highest BCUT2D eigenvalue weighted by atomic mass is 19.3. The molecule has 2 aromatic rings. The van der Waals surface area contributed by atoms with Gasteiger partial charge in [-0.1, -0.05) is 0 Å². The highest BCUT2D eigenvalue weighted by Gasteiger charge is 2.46. The van der Waals surface area contributed by atoms with Gasteiger partial charge in [0.15, 0.2) is 17.3 Å². The van der Waals surface area contributed by atoms with E-state index >= 15 is 0 Å². The Balaban J connectivity index is 1.87. The monoisotopic (exact) mass is 410 g/mol. The van der Waals surface area contributed by atoms with Gasteiger partial charge in [0, 0.05) is 12.7 Å². The third-order valence-electron chi connectivity index (χ3n) is 4.28. The smallest absolute Gasteiger partial charge is 0.291 e. The lowest BCUT2D eigenvalue weighted by Gasteiger charge is -2.38. The van der Waals surface area contributed by atoms with Crippen LogP contribution in [0.1, 0.15) is 26.7 Å². The van der Waals surface area contributed by atoms with Crippen LogP contribution in [0.4, 0.5) is 14.5 Å². The topological polar surface area (TPSA) is 90.2 Å². The van der Waals surface area contributed by atoms with Crippen molar-refractivity contribution in [1.82, 2.24) is 4.90 Å². The molecular weight excluding hydrogens is 390 g/mol. The zero-order chi connectivity index (χ0) is 21.2. The number of methoxy groups -OCH3 is 3. The van der Waals surface area contributed by atoms with E-state index in [4.69, 9.17) is 18.6 Å². The average molecular weight is 410 g/mol. The van der Waals surface area contributed by atoms with Crippen molar-refractivity contribution >= 4 is 17.5 Å². The van der Waals surface area contributed by atoms with Gasteiger partial charge in [0.05, 0.1) is 33.0 Å². The van der Waals surface area contributed by atoms with Crippen molar-refractivity contribution < 1.29 is 37.0 Å². The van der Waals surface area contributed by atoms with E-state index < -0.39 is 30.8 Å². The largest absolute Gasteiger partial charge is 0.493 e. The average Bonchev–Trinajstić information content (AvgIpc) is 3.13. The molecule has 0 unspecified atom stereocenters. The van der Waals surface area contributed by atoms with Crippen LogP contribution >= 0.6 is 0 Å². The number of benzene rings is 1. The molecule has 0 saturated carbocycles. The van der Waals surface area contributed by atoms with Crippen molar-refractivity contribution in [3.63, 3.8) is 0 Å². The van der Waals surface area contributed by atoms with Crippen LogP contribution in [0.5, 0.6) is 11.5 Å². The summed E-state index contributed by atoms with van der Waals surface area (Å²) in [7, 11) is 4.23. The van der Waals surface area contributed by atoms with Gasteiger partial charge in [-0.15, -0.1) is 0 Å². The summed E-state index contributed by atoms with van der Waals surface area (Å²) >= 11 is 0. The van der Waals surface area contributed by atoms with Gasteiger partial charge in [-0.05, 0) is 24.3 Å². The van der Waals surface area contributed by atoms with Gasteiger partial charge in [0.1, 0.15) is 12.4 Å². The number of nitrogens with zero attached hydrogens (tertiary/aromatic N) is 1. The van der Waals surface area contributed by atoms with Gasteiger partial charge in [0.25, 0.3) is 17.7 Å². The SMILES string of the molecule is COCc1ccc(C(=O)Nc2cc(C(=O)N3CC(F)(F)C3)cc(OC)c2OC)o1. The number of hydrogen-bond donors (Lipinski definition) is 1. The molecule has 3 rings (SSSR count). The molecule has 0 aliphatic carbocycles. The molecule has 1 aromatic heterocycles. The summed E-state index contributed by atoms with van der Waals surface area (Å²) in [6, 6.07) is 5.79. The number of nitrogens with one attached hydrogen (secondary N) is 1.